The van der Waals surface area contributed by atoms with E-state index < -0.39 is 46.1 Å². The van der Waals surface area contributed by atoms with Crippen LogP contribution in [0.15, 0.2) is 12.1 Å². The predicted molar refractivity (Wildman–Crippen MR) is 54.3 cm³/mol. The first-order valence-corrected chi connectivity index (χ1v) is 4.33. The Hall–Kier alpha value is -2.90. The second-order valence-electron chi connectivity index (χ2n) is 3.13. The predicted octanol–water partition coefficient (Wildman–Crippen LogP) is 0.479. The molecule has 0 saturated carbocycles. The normalized spacial score (nSPS) is 10.9. The second kappa shape index (κ2) is 4.53. The fraction of sp³-hybridized carbons (Fsp3) is 0. The van der Waals surface area contributed by atoms with E-state index in [-0.39, 0.29) is 0 Å². The SMILES string of the molecule is [2H]OC(=O)c1cc(C(=O)O[2H])c(C(=O)O)cc1C(=O)O. The van der Waals surface area contributed by atoms with Crippen LogP contribution in [0.5, 0.6) is 0 Å². The average Bonchev–Trinajstić information content (AvgIpc) is 2.43. The number of carboxylic acids is 4. The zero-order valence-corrected chi connectivity index (χ0v) is 8.50. The Balaban J connectivity index is 3.68. The van der Waals surface area contributed by atoms with Crippen LogP contribution >= 0.6 is 0 Å². The van der Waals surface area contributed by atoms with E-state index in [1.54, 1.807) is 0 Å². The van der Waals surface area contributed by atoms with Gasteiger partial charge in [-0.25, -0.2) is 19.2 Å². The largest absolute Gasteiger partial charge is 0.478 e. The average molecular weight is 256 g/mol. The van der Waals surface area contributed by atoms with E-state index in [2.05, 4.69) is 10.2 Å². The zero-order chi connectivity index (χ0) is 15.4. The van der Waals surface area contributed by atoms with E-state index in [4.69, 9.17) is 13.1 Å². The van der Waals surface area contributed by atoms with Crippen molar-refractivity contribution in [3.8, 4) is 0 Å². The smallest absolute Gasteiger partial charge is 0.336 e. The van der Waals surface area contributed by atoms with Gasteiger partial charge in [-0.3, -0.25) is 0 Å². The van der Waals surface area contributed by atoms with E-state index in [1.165, 1.54) is 0 Å². The summed E-state index contributed by atoms with van der Waals surface area (Å²) in [6, 6.07) is 1.13. The topological polar surface area (TPSA) is 149 Å². The minimum absolute atomic E-state index is 0.545. The third-order valence-corrected chi connectivity index (χ3v) is 2.06. The molecule has 0 spiro atoms. The van der Waals surface area contributed by atoms with Crippen molar-refractivity contribution in [1.82, 2.24) is 0 Å². The van der Waals surface area contributed by atoms with Gasteiger partial charge in [-0.2, -0.15) is 0 Å². The lowest BCUT2D eigenvalue weighted by Gasteiger charge is -2.06. The van der Waals surface area contributed by atoms with Gasteiger partial charge in [0.15, 0.2) is 0 Å². The molecule has 0 radical (unpaired) electrons. The van der Waals surface area contributed by atoms with Crippen molar-refractivity contribution in [2.24, 2.45) is 0 Å². The van der Waals surface area contributed by atoms with Gasteiger partial charge in [0.05, 0.1) is 22.3 Å². The van der Waals surface area contributed by atoms with E-state index in [1.807, 2.05) is 0 Å². The van der Waals surface area contributed by atoms with Crippen molar-refractivity contribution >= 4 is 23.9 Å². The van der Waals surface area contributed by atoms with Crippen molar-refractivity contribution < 1.29 is 39.6 Å². The molecule has 0 aromatic heterocycles. The van der Waals surface area contributed by atoms with Gasteiger partial charge >= 0.3 is 23.9 Å². The standard InChI is InChI=1S/C10H6O8/c11-7(12)3-1-4(8(13)14)6(10(17)18)2-5(3)9(15)16/h1-2H,(H,11,12)(H,13,14)(H,15,16)(H,17,18)/i/hD2. The van der Waals surface area contributed by atoms with Crippen LogP contribution in [-0.4, -0.2) is 44.3 Å². The minimum Gasteiger partial charge on any atom is -0.478 e. The summed E-state index contributed by atoms with van der Waals surface area (Å²) in [6.07, 6.45) is 0. The van der Waals surface area contributed by atoms with Crippen molar-refractivity contribution in [2.45, 2.75) is 0 Å². The monoisotopic (exact) mass is 256 g/mol. The summed E-state index contributed by atoms with van der Waals surface area (Å²) in [6.45, 7) is 0. The van der Waals surface area contributed by atoms with E-state index in [0.29, 0.717) is 12.1 Å². The Bertz CT molecular complexity index is 560. The molecule has 18 heavy (non-hydrogen) atoms. The van der Waals surface area contributed by atoms with Crippen LogP contribution in [0.3, 0.4) is 0 Å². The van der Waals surface area contributed by atoms with E-state index in [9.17, 15) is 19.2 Å². The van der Waals surface area contributed by atoms with Crippen molar-refractivity contribution in [2.75, 3.05) is 0 Å². The maximum atomic E-state index is 11.3. The molecule has 0 aliphatic rings. The van der Waals surface area contributed by atoms with Crippen LogP contribution in [0.25, 0.3) is 2.86 Å². The van der Waals surface area contributed by atoms with Gasteiger partial charge in [-0.15, -0.1) is 0 Å². The lowest BCUT2D eigenvalue weighted by molar-refractivity contribution is 0.0637. The first kappa shape index (κ1) is 10.3. The maximum absolute atomic E-state index is 11.3. The van der Waals surface area contributed by atoms with Crippen molar-refractivity contribution in [1.29, 1.82) is 2.86 Å². The molecule has 0 heterocycles. The Morgan fingerprint density at radius 1 is 0.722 bits per heavy atom. The van der Waals surface area contributed by atoms with Gasteiger partial charge in [-0.1, -0.05) is 0 Å². The van der Waals surface area contributed by atoms with Crippen molar-refractivity contribution in [3.05, 3.63) is 34.4 Å². The molecule has 0 atom stereocenters. The van der Waals surface area contributed by atoms with Crippen LogP contribution in [-0.2, 0) is 0 Å². The summed E-state index contributed by atoms with van der Waals surface area (Å²) in [5.74, 6) is -6.12. The molecule has 0 saturated heterocycles. The molecular weight excluding hydrogens is 248 g/mol. The summed E-state index contributed by atoms with van der Waals surface area (Å²) in [5.41, 5.74) is -2.95. The van der Waals surface area contributed by atoms with Crippen LogP contribution < -0.4 is 0 Å². The summed E-state index contributed by atoms with van der Waals surface area (Å²) >= 11 is 0. The second-order valence-corrected chi connectivity index (χ2v) is 3.13. The molecule has 1 aromatic carbocycles. The molecule has 0 unspecified atom stereocenters. The van der Waals surface area contributed by atoms with Crippen molar-refractivity contribution in [3.63, 3.8) is 0 Å². The molecule has 0 aliphatic carbocycles. The Morgan fingerprint density at radius 3 is 1.22 bits per heavy atom. The number of aromatic carboxylic acids is 4. The highest BCUT2D eigenvalue weighted by Gasteiger charge is 2.24. The first-order valence-electron chi connectivity index (χ1n) is 5.14. The Kier molecular flexibility index (Phi) is 2.59. The third kappa shape index (κ3) is 2.26. The summed E-state index contributed by atoms with van der Waals surface area (Å²) in [7, 11) is 0. The van der Waals surface area contributed by atoms with Gasteiger partial charge in [0.25, 0.3) is 2.86 Å². The van der Waals surface area contributed by atoms with Gasteiger partial charge < -0.3 is 20.4 Å². The lowest BCUT2D eigenvalue weighted by Crippen LogP contribution is -2.15. The number of rotatable bonds is 4. The number of carbonyl (C=O) groups is 4. The fourth-order valence-corrected chi connectivity index (χ4v) is 1.29. The van der Waals surface area contributed by atoms with Gasteiger partial charge in [0.1, 0.15) is 0 Å². The third-order valence-electron chi connectivity index (χ3n) is 2.06. The lowest BCUT2D eigenvalue weighted by atomic mass is 9.98. The zero-order valence-electron chi connectivity index (χ0n) is 10.5. The molecule has 1 rings (SSSR count). The molecule has 8 nitrogen and oxygen atoms in total. The molecular formula is C10H6O8. The Labute approximate surface area is 102 Å². The van der Waals surface area contributed by atoms with Crippen LogP contribution in [0.4, 0.5) is 0 Å². The van der Waals surface area contributed by atoms with E-state index in [0.717, 1.165) is 0 Å². The highest BCUT2D eigenvalue weighted by atomic mass is 16.4. The number of benzene rings is 1. The van der Waals surface area contributed by atoms with Crippen LogP contribution in [0.2, 0.25) is 0 Å². The molecule has 0 amide bonds. The number of hydrogen-bond acceptors (Lipinski definition) is 6. The molecule has 8 heteroatoms. The first-order chi connectivity index (χ1) is 9.33. The highest BCUT2D eigenvalue weighted by molar-refractivity contribution is 6.09. The molecule has 94 valence electrons. The quantitative estimate of drug-likeness (QED) is 0.607. The minimum atomic E-state index is -1.65. The van der Waals surface area contributed by atoms with Gasteiger partial charge in [0, 0.05) is 0 Å². The van der Waals surface area contributed by atoms with E-state index >= 15 is 0 Å². The fourth-order valence-electron chi connectivity index (χ4n) is 1.29. The Morgan fingerprint density at radius 2 is 1.00 bits per heavy atom. The summed E-state index contributed by atoms with van der Waals surface area (Å²) < 4.78 is 12.9. The molecule has 0 aliphatic heterocycles. The highest BCUT2D eigenvalue weighted by Crippen LogP contribution is 2.18. The number of carboxylic acid groups (broad SMARTS) is 4. The summed E-state index contributed by atoms with van der Waals surface area (Å²) in [4.78, 5) is 44.4. The van der Waals surface area contributed by atoms with Gasteiger partial charge in [0.2, 0.25) is 0 Å². The number of hydrogen-bond donors (Lipinski definition) is 4. The maximum Gasteiger partial charge on any atom is 0.336 e. The van der Waals surface area contributed by atoms with Crippen LogP contribution in [0, 0.1) is 0 Å². The van der Waals surface area contributed by atoms with Gasteiger partial charge in [-0.05, 0) is 12.1 Å². The molecule has 4 N–H and O–H groups in total. The molecule has 0 fully saturated rings. The molecule has 1 aromatic rings. The molecule has 0 bridgehead atoms. The van der Waals surface area contributed by atoms with Crippen LogP contribution in [0.1, 0.15) is 41.4 Å². The summed E-state index contributed by atoms with van der Waals surface area (Å²) in [5, 5.41) is 25.0.